The van der Waals surface area contributed by atoms with Gasteiger partial charge in [-0.3, -0.25) is 4.98 Å². The normalized spacial score (nSPS) is 11.7. The van der Waals surface area contributed by atoms with Crippen LogP contribution in [0.1, 0.15) is 11.4 Å². The van der Waals surface area contributed by atoms with Gasteiger partial charge >= 0.3 is 0 Å². The highest BCUT2D eigenvalue weighted by Crippen LogP contribution is 2.12. The number of nitrogens with two attached hydrogens (primary N) is 1. The van der Waals surface area contributed by atoms with E-state index in [1.54, 1.807) is 19.1 Å². The van der Waals surface area contributed by atoms with Crippen molar-refractivity contribution >= 4 is 17.4 Å². The number of nitrogens with zero attached hydrogens (tertiary/aromatic N) is 2. The molecule has 0 saturated carbocycles. The molecule has 0 aliphatic heterocycles. The Hall–Kier alpha value is -1.29. The third-order valence-corrected chi connectivity index (χ3v) is 1.97. The maximum absolute atomic E-state index is 8.33. The van der Waals surface area contributed by atoms with Gasteiger partial charge in [-0.1, -0.05) is 16.8 Å². The van der Waals surface area contributed by atoms with Crippen molar-refractivity contribution in [3.63, 3.8) is 0 Å². The van der Waals surface area contributed by atoms with Gasteiger partial charge in [0.2, 0.25) is 0 Å². The second-order valence-corrected chi connectivity index (χ2v) is 3.05. The van der Waals surface area contributed by atoms with Crippen molar-refractivity contribution in [2.45, 2.75) is 13.3 Å². The van der Waals surface area contributed by atoms with Crippen LogP contribution in [0.5, 0.6) is 0 Å². The minimum atomic E-state index is 0.134. The van der Waals surface area contributed by atoms with Crippen LogP contribution in [-0.2, 0) is 6.42 Å². The van der Waals surface area contributed by atoms with Crippen molar-refractivity contribution in [3.05, 3.63) is 28.5 Å². The molecular weight excluding hydrogens is 190 g/mol. The first-order valence-electron chi connectivity index (χ1n) is 3.72. The maximum atomic E-state index is 8.33. The van der Waals surface area contributed by atoms with Crippen molar-refractivity contribution in [1.29, 1.82) is 0 Å². The Morgan fingerprint density at radius 1 is 1.69 bits per heavy atom. The van der Waals surface area contributed by atoms with Gasteiger partial charge in [0.25, 0.3) is 0 Å². The van der Waals surface area contributed by atoms with E-state index in [-0.39, 0.29) is 5.84 Å². The number of aryl methyl sites for hydroxylation is 1. The average molecular weight is 200 g/mol. The van der Waals surface area contributed by atoms with E-state index in [4.69, 9.17) is 22.5 Å². The largest absolute Gasteiger partial charge is 0.409 e. The summed E-state index contributed by atoms with van der Waals surface area (Å²) in [6.45, 7) is 1.80. The van der Waals surface area contributed by atoms with Gasteiger partial charge in [-0.05, 0) is 19.1 Å². The molecule has 4 nitrogen and oxygen atoms in total. The molecule has 13 heavy (non-hydrogen) atoms. The van der Waals surface area contributed by atoms with Crippen molar-refractivity contribution in [2.75, 3.05) is 0 Å². The topological polar surface area (TPSA) is 71.5 Å². The minimum absolute atomic E-state index is 0.134. The van der Waals surface area contributed by atoms with Crippen LogP contribution >= 0.6 is 11.6 Å². The molecule has 1 aromatic rings. The molecule has 1 heterocycles. The lowest BCUT2D eigenvalue weighted by Crippen LogP contribution is -2.15. The second kappa shape index (κ2) is 4.09. The average Bonchev–Trinajstić information content (AvgIpc) is 2.11. The van der Waals surface area contributed by atoms with Gasteiger partial charge < -0.3 is 10.9 Å². The number of oxime groups is 1. The molecule has 70 valence electrons. The molecule has 3 N–H and O–H groups in total. The summed E-state index contributed by atoms with van der Waals surface area (Å²) in [4.78, 5) is 4.16. The minimum Gasteiger partial charge on any atom is -0.409 e. The highest BCUT2D eigenvalue weighted by Gasteiger charge is 2.01. The zero-order valence-electron chi connectivity index (χ0n) is 7.16. The smallest absolute Gasteiger partial charge is 0.145 e. The van der Waals surface area contributed by atoms with E-state index in [0.29, 0.717) is 11.4 Å². The van der Waals surface area contributed by atoms with Gasteiger partial charge in [0, 0.05) is 5.69 Å². The van der Waals surface area contributed by atoms with Crippen LogP contribution < -0.4 is 5.73 Å². The van der Waals surface area contributed by atoms with E-state index in [1.807, 2.05) is 0 Å². The fraction of sp³-hybridized carbons (Fsp3) is 0.250. The van der Waals surface area contributed by atoms with Crippen molar-refractivity contribution in [1.82, 2.24) is 4.98 Å². The number of halogens is 1. The summed E-state index contributed by atoms with van der Waals surface area (Å²) in [7, 11) is 0. The Labute approximate surface area is 81.0 Å². The summed E-state index contributed by atoms with van der Waals surface area (Å²) >= 11 is 5.78. The van der Waals surface area contributed by atoms with Crippen LogP contribution in [0, 0.1) is 6.92 Å². The molecule has 0 spiro atoms. The number of rotatable bonds is 2. The lowest BCUT2D eigenvalue weighted by molar-refractivity contribution is 0.317. The maximum Gasteiger partial charge on any atom is 0.145 e. The molecule has 0 saturated heterocycles. The lowest BCUT2D eigenvalue weighted by Gasteiger charge is -2.01. The van der Waals surface area contributed by atoms with E-state index >= 15 is 0 Å². The van der Waals surface area contributed by atoms with E-state index in [2.05, 4.69) is 10.1 Å². The molecule has 1 aromatic heterocycles. The number of amidine groups is 1. The summed E-state index contributed by atoms with van der Waals surface area (Å²) in [5, 5.41) is 11.8. The molecule has 1 rings (SSSR count). The van der Waals surface area contributed by atoms with E-state index in [1.165, 1.54) is 0 Å². The first-order chi connectivity index (χ1) is 6.13. The van der Waals surface area contributed by atoms with Crippen molar-refractivity contribution in [3.8, 4) is 0 Å². The number of hydrogen-bond acceptors (Lipinski definition) is 3. The molecule has 0 atom stereocenters. The van der Waals surface area contributed by atoms with Crippen molar-refractivity contribution in [2.24, 2.45) is 10.9 Å². The summed E-state index contributed by atoms with van der Waals surface area (Å²) in [6.07, 6.45) is 0.328. The Bertz CT molecular complexity index is 338. The monoisotopic (exact) mass is 199 g/mol. The molecule has 0 aliphatic carbocycles. The Balaban J connectivity index is 2.86. The van der Waals surface area contributed by atoms with Gasteiger partial charge in [0.15, 0.2) is 0 Å². The standard InChI is InChI=1S/C8H10ClN3O/c1-5-7(9)3-2-6(11-5)4-8(10)12-13/h2-3,13H,4H2,1H3,(H2,10,12). The van der Waals surface area contributed by atoms with Crippen LogP contribution in [0.15, 0.2) is 17.3 Å². The highest BCUT2D eigenvalue weighted by atomic mass is 35.5. The summed E-state index contributed by atoms with van der Waals surface area (Å²) in [6, 6.07) is 3.48. The summed E-state index contributed by atoms with van der Waals surface area (Å²) in [5.41, 5.74) is 6.79. The SMILES string of the molecule is Cc1nc(C/C(N)=N/O)ccc1Cl. The zero-order chi connectivity index (χ0) is 9.84. The Morgan fingerprint density at radius 3 is 2.92 bits per heavy atom. The molecule has 0 fully saturated rings. The van der Waals surface area contributed by atoms with E-state index < -0.39 is 0 Å². The van der Waals surface area contributed by atoms with Crippen LogP contribution in [0.25, 0.3) is 0 Å². The zero-order valence-corrected chi connectivity index (χ0v) is 7.91. The molecule has 5 heteroatoms. The summed E-state index contributed by atoms with van der Waals surface area (Å²) < 4.78 is 0. The molecule has 0 unspecified atom stereocenters. The van der Waals surface area contributed by atoms with Crippen LogP contribution in [-0.4, -0.2) is 16.0 Å². The third kappa shape index (κ3) is 2.59. The fourth-order valence-corrected chi connectivity index (χ4v) is 1.02. The molecular formula is C8H10ClN3O. The first kappa shape index (κ1) is 9.80. The summed E-state index contributed by atoms with van der Waals surface area (Å²) in [5.74, 6) is 0.134. The van der Waals surface area contributed by atoms with Crippen LogP contribution in [0.3, 0.4) is 0 Å². The first-order valence-corrected chi connectivity index (χ1v) is 4.09. The Morgan fingerprint density at radius 2 is 2.38 bits per heavy atom. The van der Waals surface area contributed by atoms with E-state index in [9.17, 15) is 0 Å². The molecule has 0 bridgehead atoms. The third-order valence-electron chi connectivity index (χ3n) is 1.57. The number of hydrogen-bond donors (Lipinski definition) is 2. The molecule has 0 amide bonds. The quantitative estimate of drug-likeness (QED) is 0.327. The Kier molecular flexibility index (Phi) is 3.08. The fourth-order valence-electron chi connectivity index (χ4n) is 0.915. The predicted octanol–water partition coefficient (Wildman–Crippen LogP) is 1.33. The van der Waals surface area contributed by atoms with E-state index in [0.717, 1.165) is 11.4 Å². The molecule has 0 radical (unpaired) electrons. The van der Waals surface area contributed by atoms with Crippen molar-refractivity contribution < 1.29 is 5.21 Å². The van der Waals surface area contributed by atoms with Gasteiger partial charge in [0.05, 0.1) is 17.1 Å². The van der Waals surface area contributed by atoms with Gasteiger partial charge in [-0.2, -0.15) is 0 Å². The van der Waals surface area contributed by atoms with Crippen LogP contribution in [0.2, 0.25) is 5.02 Å². The highest BCUT2D eigenvalue weighted by molar-refractivity contribution is 6.31. The molecule has 0 aromatic carbocycles. The number of aromatic nitrogens is 1. The van der Waals surface area contributed by atoms with Crippen LogP contribution in [0.4, 0.5) is 0 Å². The predicted molar refractivity (Wildman–Crippen MR) is 51.1 cm³/mol. The second-order valence-electron chi connectivity index (χ2n) is 2.64. The number of pyridine rings is 1. The van der Waals surface area contributed by atoms with Gasteiger partial charge in [-0.15, -0.1) is 0 Å². The van der Waals surface area contributed by atoms with Gasteiger partial charge in [-0.25, -0.2) is 0 Å². The van der Waals surface area contributed by atoms with Gasteiger partial charge in [0.1, 0.15) is 5.84 Å². The molecule has 0 aliphatic rings. The lowest BCUT2D eigenvalue weighted by atomic mass is 10.2.